The summed E-state index contributed by atoms with van der Waals surface area (Å²) in [6, 6.07) is 5.89. The van der Waals surface area contributed by atoms with Crippen molar-refractivity contribution in [2.45, 2.75) is 6.61 Å². The lowest BCUT2D eigenvalue weighted by Crippen LogP contribution is -2.13. The molecule has 3 heterocycles. The zero-order chi connectivity index (χ0) is 21.4. The van der Waals surface area contributed by atoms with Crippen molar-refractivity contribution in [3.05, 3.63) is 57.1 Å². The van der Waals surface area contributed by atoms with Crippen molar-refractivity contribution in [1.29, 1.82) is 0 Å². The van der Waals surface area contributed by atoms with Gasteiger partial charge < -0.3 is 10.1 Å². The number of ether oxygens (including phenoxy) is 1. The summed E-state index contributed by atoms with van der Waals surface area (Å²) in [6.07, 6.45) is 4.78. The number of carbonyl (C=O) groups is 1. The maximum atomic E-state index is 13.0. The van der Waals surface area contributed by atoms with E-state index in [9.17, 15) is 13.6 Å². The topological polar surface area (TPSA) is 86.3 Å². The number of nitrogens with one attached hydrogen (secondary N) is 1. The Kier molecular flexibility index (Phi) is 5.56. The van der Waals surface area contributed by atoms with Crippen molar-refractivity contribution in [2.75, 3.05) is 5.32 Å². The van der Waals surface area contributed by atoms with Gasteiger partial charge in [0.1, 0.15) is 20.7 Å². The molecule has 12 heteroatoms. The van der Waals surface area contributed by atoms with Crippen molar-refractivity contribution in [1.82, 2.24) is 24.4 Å². The van der Waals surface area contributed by atoms with Gasteiger partial charge in [-0.1, -0.05) is 11.6 Å². The van der Waals surface area contributed by atoms with Crippen molar-refractivity contribution in [3.8, 4) is 17.0 Å². The summed E-state index contributed by atoms with van der Waals surface area (Å²) in [4.78, 5) is 17.2. The van der Waals surface area contributed by atoms with Gasteiger partial charge in [0.2, 0.25) is 0 Å². The highest BCUT2D eigenvalue weighted by Crippen LogP contribution is 2.37. The van der Waals surface area contributed by atoms with Gasteiger partial charge in [0.05, 0.1) is 5.69 Å². The summed E-state index contributed by atoms with van der Waals surface area (Å²) < 4.78 is 33.7. The van der Waals surface area contributed by atoms with Crippen LogP contribution in [-0.4, -0.2) is 36.9 Å². The number of aromatic nitrogens is 5. The summed E-state index contributed by atoms with van der Waals surface area (Å²) in [5, 5.41) is 11.6. The highest BCUT2D eigenvalue weighted by Gasteiger charge is 2.23. The first kappa shape index (κ1) is 20.5. The molecule has 0 aliphatic heterocycles. The van der Waals surface area contributed by atoms with Gasteiger partial charge in [-0.2, -0.15) is 19.0 Å². The zero-order valence-corrected chi connectivity index (χ0v) is 18.1. The van der Waals surface area contributed by atoms with Gasteiger partial charge in [-0.25, -0.2) is 9.50 Å². The maximum absolute atomic E-state index is 13.0. The van der Waals surface area contributed by atoms with E-state index in [4.69, 9.17) is 11.6 Å². The third-order valence-electron chi connectivity index (χ3n) is 4.07. The van der Waals surface area contributed by atoms with E-state index in [0.29, 0.717) is 14.4 Å². The number of hydrogen-bond donors (Lipinski definition) is 1. The first-order chi connectivity index (χ1) is 14.3. The molecule has 0 spiro atoms. The van der Waals surface area contributed by atoms with E-state index in [2.05, 4.69) is 25.2 Å². The fourth-order valence-corrected chi connectivity index (χ4v) is 3.80. The molecule has 1 amide bonds. The molecule has 0 unspecified atom stereocenters. The third kappa shape index (κ3) is 3.94. The van der Waals surface area contributed by atoms with Crippen LogP contribution >= 0.6 is 34.2 Å². The first-order valence-corrected chi connectivity index (χ1v) is 9.87. The zero-order valence-electron chi connectivity index (χ0n) is 15.2. The van der Waals surface area contributed by atoms with Gasteiger partial charge in [0.15, 0.2) is 5.65 Å². The molecule has 0 radical (unpaired) electrons. The van der Waals surface area contributed by atoms with E-state index in [1.165, 1.54) is 27.4 Å². The van der Waals surface area contributed by atoms with Crippen molar-refractivity contribution < 1.29 is 18.3 Å². The normalized spacial score (nSPS) is 11.3. The molecule has 154 valence electrons. The fourth-order valence-electron chi connectivity index (χ4n) is 2.90. The second kappa shape index (κ2) is 8.14. The van der Waals surface area contributed by atoms with Crippen LogP contribution in [0.4, 0.5) is 14.5 Å². The molecule has 3 aromatic heterocycles. The Morgan fingerprint density at radius 1 is 1.33 bits per heavy atom. The molecule has 0 saturated heterocycles. The molecular formula is C18H12ClF2IN6O2. The Bertz CT molecular complexity index is 1260. The number of halogens is 4. The Hall–Kier alpha value is -2.80. The molecule has 30 heavy (non-hydrogen) atoms. The standard InChI is InChI=1S/C18H12ClF2IN6O2/c1-27-8-11(14(25-27)10-7-9(19)3-4-12(10)30-18(20)21)24-17(29)13-15(22)26-28-6-2-5-23-16(13)28/h2-8,18H,1H3,(H,24,29). The van der Waals surface area contributed by atoms with E-state index in [1.54, 1.807) is 31.7 Å². The average Bonchev–Trinajstić information content (AvgIpc) is 3.21. The molecule has 0 aliphatic carbocycles. The number of alkyl halides is 2. The highest BCUT2D eigenvalue weighted by molar-refractivity contribution is 14.1. The number of anilines is 1. The summed E-state index contributed by atoms with van der Waals surface area (Å²) in [5.41, 5.74) is 1.39. The first-order valence-electron chi connectivity index (χ1n) is 8.42. The molecule has 1 N–H and O–H groups in total. The molecule has 0 saturated carbocycles. The van der Waals surface area contributed by atoms with Gasteiger partial charge in [-0.3, -0.25) is 9.48 Å². The van der Waals surface area contributed by atoms with E-state index < -0.39 is 12.5 Å². The molecule has 1 aromatic carbocycles. The highest BCUT2D eigenvalue weighted by atomic mass is 127. The monoisotopic (exact) mass is 544 g/mol. The van der Waals surface area contributed by atoms with Crippen LogP contribution in [0.15, 0.2) is 42.9 Å². The van der Waals surface area contributed by atoms with Crippen LogP contribution in [0.25, 0.3) is 16.9 Å². The smallest absolute Gasteiger partial charge is 0.387 e. The average molecular weight is 545 g/mol. The van der Waals surface area contributed by atoms with Crippen molar-refractivity contribution in [3.63, 3.8) is 0 Å². The molecule has 8 nitrogen and oxygen atoms in total. The minimum absolute atomic E-state index is 0.115. The van der Waals surface area contributed by atoms with Gasteiger partial charge in [-0.15, -0.1) is 0 Å². The molecule has 0 fully saturated rings. The summed E-state index contributed by atoms with van der Waals surface area (Å²) >= 11 is 8.00. The maximum Gasteiger partial charge on any atom is 0.387 e. The SMILES string of the molecule is Cn1cc(NC(=O)c2c(I)nn3cccnc23)c(-c2cc(Cl)ccc2OC(F)F)n1. The second-order valence-corrected chi connectivity index (χ2v) is 7.55. The predicted molar refractivity (Wildman–Crippen MR) is 114 cm³/mol. The number of rotatable bonds is 5. The molecule has 0 aliphatic rings. The van der Waals surface area contributed by atoms with Gasteiger partial charge in [0.25, 0.3) is 5.91 Å². The van der Waals surface area contributed by atoms with Gasteiger partial charge >= 0.3 is 6.61 Å². The third-order valence-corrected chi connectivity index (χ3v) is 5.06. The van der Waals surface area contributed by atoms with Gasteiger partial charge in [0, 0.05) is 36.2 Å². The molecule has 0 bridgehead atoms. The minimum Gasteiger partial charge on any atom is -0.434 e. The predicted octanol–water partition coefficient (Wildman–Crippen LogP) is 4.24. The lowest BCUT2D eigenvalue weighted by Gasteiger charge is -2.11. The van der Waals surface area contributed by atoms with Gasteiger partial charge in [-0.05, 0) is 46.9 Å². The number of fused-ring (bicyclic) bond motifs is 1. The molecule has 4 aromatic rings. The molecule has 4 rings (SSSR count). The number of benzene rings is 1. The van der Waals surface area contributed by atoms with E-state index in [0.717, 1.165) is 0 Å². The van der Waals surface area contributed by atoms with E-state index >= 15 is 0 Å². The van der Waals surface area contributed by atoms with E-state index in [-0.39, 0.29) is 28.3 Å². The molecular weight excluding hydrogens is 533 g/mol. The van der Waals surface area contributed by atoms with Crippen LogP contribution in [0, 0.1) is 3.70 Å². The Balaban J connectivity index is 1.76. The quantitative estimate of drug-likeness (QED) is 0.380. The Morgan fingerprint density at radius 2 is 2.13 bits per heavy atom. The minimum atomic E-state index is -3.03. The number of amides is 1. The van der Waals surface area contributed by atoms with E-state index in [1.807, 2.05) is 22.6 Å². The van der Waals surface area contributed by atoms with Crippen LogP contribution < -0.4 is 10.1 Å². The fraction of sp³-hybridized carbons (Fsp3) is 0.111. The summed E-state index contributed by atoms with van der Waals surface area (Å²) in [6.45, 7) is -3.03. The molecule has 0 atom stereocenters. The van der Waals surface area contributed by atoms with Crippen LogP contribution in [0.2, 0.25) is 5.02 Å². The van der Waals surface area contributed by atoms with Crippen molar-refractivity contribution in [2.24, 2.45) is 7.05 Å². The summed E-state index contributed by atoms with van der Waals surface area (Å²) in [5.74, 6) is -0.587. The lowest BCUT2D eigenvalue weighted by molar-refractivity contribution is -0.0494. The Labute approximate surface area is 186 Å². The summed E-state index contributed by atoms with van der Waals surface area (Å²) in [7, 11) is 1.64. The second-order valence-electron chi connectivity index (χ2n) is 6.09. The van der Waals surface area contributed by atoms with Crippen molar-refractivity contribution >= 4 is 51.4 Å². The van der Waals surface area contributed by atoms with Crippen LogP contribution in [0.5, 0.6) is 5.75 Å². The Morgan fingerprint density at radius 3 is 2.90 bits per heavy atom. The number of nitrogens with zero attached hydrogens (tertiary/aromatic N) is 5. The number of carbonyl (C=O) groups excluding carboxylic acids is 1. The van der Waals surface area contributed by atoms with Crippen LogP contribution in [0.1, 0.15) is 10.4 Å². The largest absolute Gasteiger partial charge is 0.434 e. The van der Waals surface area contributed by atoms with Crippen LogP contribution in [-0.2, 0) is 7.05 Å². The number of hydrogen-bond acceptors (Lipinski definition) is 5. The van der Waals surface area contributed by atoms with Crippen LogP contribution in [0.3, 0.4) is 0 Å². The lowest BCUT2D eigenvalue weighted by atomic mass is 10.1. The number of aryl methyl sites for hydroxylation is 1.